The predicted molar refractivity (Wildman–Crippen MR) is 46.8 cm³/mol. The summed E-state index contributed by atoms with van der Waals surface area (Å²) in [7, 11) is 1.65. The lowest BCUT2D eigenvalue weighted by molar-refractivity contribution is 0.105. The van der Waals surface area contributed by atoms with Crippen molar-refractivity contribution >= 4 is 6.09 Å². The number of amides is 1. The van der Waals surface area contributed by atoms with Gasteiger partial charge in [0, 0.05) is 0 Å². The van der Waals surface area contributed by atoms with Crippen LogP contribution < -0.4 is 22.5 Å². The molecule has 74 valence electrons. The lowest BCUT2D eigenvalue weighted by Crippen LogP contribution is -2.32. The zero-order valence-corrected chi connectivity index (χ0v) is 7.76. The Morgan fingerprint density at radius 2 is 2.00 bits per heavy atom. The van der Waals surface area contributed by atoms with Gasteiger partial charge in [0.25, 0.3) is 0 Å². The molecule has 0 saturated carbocycles. The second-order valence-electron chi connectivity index (χ2n) is 2.06. The molecule has 6 heteroatoms. The van der Waals surface area contributed by atoms with Gasteiger partial charge < -0.3 is 4.74 Å². The average Bonchev–Trinajstić information content (AvgIpc) is 2.05. The summed E-state index contributed by atoms with van der Waals surface area (Å²) in [5.41, 5.74) is 4.12. The van der Waals surface area contributed by atoms with Crippen molar-refractivity contribution in [2.45, 2.75) is 26.4 Å². The minimum atomic E-state index is -0.579. The third-order valence-corrected chi connectivity index (χ3v) is 1.00. The van der Waals surface area contributed by atoms with Crippen LogP contribution in [-0.4, -0.2) is 19.2 Å². The van der Waals surface area contributed by atoms with Crippen LogP contribution in [0, 0.1) is 0 Å². The molecule has 1 unspecified atom stereocenters. The van der Waals surface area contributed by atoms with E-state index in [2.05, 4.69) is 16.0 Å². The molecule has 0 aliphatic rings. The van der Waals surface area contributed by atoms with Crippen LogP contribution in [0.2, 0.25) is 0 Å². The van der Waals surface area contributed by atoms with E-state index in [-0.39, 0.29) is 6.10 Å². The maximum Gasteiger partial charge on any atom is 0.421 e. The van der Waals surface area contributed by atoms with E-state index in [1.807, 2.05) is 12.3 Å². The Morgan fingerprint density at radius 1 is 1.58 bits per heavy atom. The first-order valence-electron chi connectivity index (χ1n) is 3.66. The van der Waals surface area contributed by atoms with Crippen molar-refractivity contribution in [2.75, 3.05) is 7.05 Å². The third kappa shape index (κ3) is 11.9. The van der Waals surface area contributed by atoms with Crippen LogP contribution >= 0.6 is 0 Å². The first-order chi connectivity index (χ1) is 5.62. The van der Waals surface area contributed by atoms with E-state index in [1.54, 1.807) is 14.0 Å². The van der Waals surface area contributed by atoms with Gasteiger partial charge in [-0.15, -0.1) is 0 Å². The Bertz CT molecular complexity index is 110. The maximum absolute atomic E-state index is 10.3. The summed E-state index contributed by atoms with van der Waals surface area (Å²) in [4.78, 5) is 10.3. The van der Waals surface area contributed by atoms with Crippen LogP contribution in [0.3, 0.4) is 0 Å². The molecular formula is C6H18N4O2. The van der Waals surface area contributed by atoms with Crippen molar-refractivity contribution in [1.29, 1.82) is 0 Å². The minimum Gasteiger partial charge on any atom is -0.446 e. The van der Waals surface area contributed by atoms with Crippen molar-refractivity contribution in [2.24, 2.45) is 11.7 Å². The van der Waals surface area contributed by atoms with E-state index < -0.39 is 6.09 Å². The largest absolute Gasteiger partial charge is 0.446 e. The molecule has 12 heavy (non-hydrogen) atoms. The number of hydrogen-bond acceptors (Lipinski definition) is 5. The second kappa shape index (κ2) is 10.2. The number of rotatable bonds is 2. The number of carbonyl (C=O) groups excluding carboxylic acids is 1. The fraction of sp³-hybridized carbons (Fsp3) is 0.833. The second-order valence-corrected chi connectivity index (χ2v) is 2.06. The van der Waals surface area contributed by atoms with Crippen LogP contribution in [0.1, 0.15) is 20.3 Å². The molecular weight excluding hydrogens is 160 g/mol. The number of nitrogens with one attached hydrogen (secondary N) is 2. The zero-order chi connectivity index (χ0) is 9.98. The lowest BCUT2D eigenvalue weighted by atomic mass is 10.3. The van der Waals surface area contributed by atoms with Gasteiger partial charge in [-0.25, -0.2) is 10.6 Å². The van der Waals surface area contributed by atoms with Gasteiger partial charge in [-0.05, 0) is 20.4 Å². The van der Waals surface area contributed by atoms with Gasteiger partial charge in [-0.2, -0.15) is 0 Å². The highest BCUT2D eigenvalue weighted by Crippen LogP contribution is 1.94. The van der Waals surface area contributed by atoms with Crippen molar-refractivity contribution in [1.82, 2.24) is 10.9 Å². The topological polar surface area (TPSA) is 102 Å². The van der Waals surface area contributed by atoms with Gasteiger partial charge in [0.1, 0.15) is 6.10 Å². The summed E-state index contributed by atoms with van der Waals surface area (Å²) in [5.74, 6) is 9.35. The molecule has 6 nitrogen and oxygen atoms in total. The first-order valence-corrected chi connectivity index (χ1v) is 3.66. The Balaban J connectivity index is 0. The summed E-state index contributed by atoms with van der Waals surface area (Å²) in [6, 6.07) is 0. The third-order valence-electron chi connectivity index (χ3n) is 1.00. The van der Waals surface area contributed by atoms with E-state index in [1.165, 1.54) is 0 Å². The standard InChI is InChI=1S/C5H12N2O2.CH6N2/c1-3-4(2)9-5(8)7-6;1-3-2/h4H,3,6H2,1-2H3,(H,7,8);3H,2H2,1H3. The Kier molecular flexibility index (Phi) is 11.6. The van der Waals surface area contributed by atoms with Gasteiger partial charge in [0.2, 0.25) is 0 Å². The summed E-state index contributed by atoms with van der Waals surface area (Å²) >= 11 is 0. The van der Waals surface area contributed by atoms with Gasteiger partial charge in [0.05, 0.1) is 0 Å². The Morgan fingerprint density at radius 3 is 2.25 bits per heavy atom. The van der Waals surface area contributed by atoms with Gasteiger partial charge in [0.15, 0.2) is 0 Å². The molecule has 1 atom stereocenters. The Labute approximate surface area is 72.6 Å². The summed E-state index contributed by atoms with van der Waals surface area (Å²) < 4.78 is 4.67. The highest BCUT2D eigenvalue weighted by Gasteiger charge is 2.03. The van der Waals surface area contributed by atoms with E-state index in [9.17, 15) is 4.79 Å². The lowest BCUT2D eigenvalue weighted by Gasteiger charge is -2.08. The SMILES string of the molecule is CCC(C)OC(=O)NN.CNN. The van der Waals surface area contributed by atoms with Crippen LogP contribution in [0.4, 0.5) is 4.79 Å². The smallest absolute Gasteiger partial charge is 0.421 e. The fourth-order valence-corrected chi connectivity index (χ4v) is 0.300. The molecule has 0 saturated heterocycles. The predicted octanol–water partition coefficient (Wildman–Crippen LogP) is -0.536. The highest BCUT2D eigenvalue weighted by atomic mass is 16.6. The van der Waals surface area contributed by atoms with Crippen molar-refractivity contribution in [3.63, 3.8) is 0 Å². The normalized spacial score (nSPS) is 10.8. The molecule has 0 aromatic rings. The van der Waals surface area contributed by atoms with E-state index in [0.29, 0.717) is 0 Å². The molecule has 1 amide bonds. The summed E-state index contributed by atoms with van der Waals surface area (Å²) in [5, 5.41) is 0. The highest BCUT2D eigenvalue weighted by molar-refractivity contribution is 5.66. The molecule has 0 radical (unpaired) electrons. The zero-order valence-electron chi connectivity index (χ0n) is 7.76. The first kappa shape index (κ1) is 13.7. The molecule has 0 aliphatic carbocycles. The van der Waals surface area contributed by atoms with E-state index in [0.717, 1.165) is 6.42 Å². The number of ether oxygens (including phenoxy) is 1. The molecule has 0 rings (SSSR count). The number of hydrazine groups is 2. The molecule has 6 N–H and O–H groups in total. The quantitative estimate of drug-likeness (QED) is 0.258. The molecule has 0 heterocycles. The molecule has 0 aliphatic heterocycles. The van der Waals surface area contributed by atoms with Crippen LogP contribution in [0.5, 0.6) is 0 Å². The van der Waals surface area contributed by atoms with Gasteiger partial charge in [-0.3, -0.25) is 16.7 Å². The number of nitrogens with two attached hydrogens (primary N) is 2. The monoisotopic (exact) mass is 178 g/mol. The summed E-state index contributed by atoms with van der Waals surface area (Å²) in [6.45, 7) is 3.73. The van der Waals surface area contributed by atoms with E-state index in [4.69, 9.17) is 5.84 Å². The van der Waals surface area contributed by atoms with Crippen molar-refractivity contribution < 1.29 is 9.53 Å². The number of hydrogen-bond donors (Lipinski definition) is 4. The Hall–Kier alpha value is -0.850. The average molecular weight is 178 g/mol. The fourth-order valence-electron chi connectivity index (χ4n) is 0.300. The van der Waals surface area contributed by atoms with Crippen molar-refractivity contribution in [3.05, 3.63) is 0 Å². The minimum absolute atomic E-state index is 0.0615. The van der Waals surface area contributed by atoms with Gasteiger partial charge >= 0.3 is 6.09 Å². The number of carbonyl (C=O) groups is 1. The maximum atomic E-state index is 10.3. The van der Waals surface area contributed by atoms with Gasteiger partial charge in [-0.1, -0.05) is 6.92 Å². The molecule has 0 spiro atoms. The van der Waals surface area contributed by atoms with Crippen LogP contribution in [0.25, 0.3) is 0 Å². The van der Waals surface area contributed by atoms with Crippen molar-refractivity contribution in [3.8, 4) is 0 Å². The van der Waals surface area contributed by atoms with Crippen LogP contribution in [-0.2, 0) is 4.74 Å². The van der Waals surface area contributed by atoms with Crippen LogP contribution in [0.15, 0.2) is 0 Å². The molecule has 0 bridgehead atoms. The molecule has 0 fully saturated rings. The molecule has 0 aromatic heterocycles. The molecule has 0 aromatic carbocycles. The summed E-state index contributed by atoms with van der Waals surface area (Å²) in [6.07, 6.45) is 0.158. The van der Waals surface area contributed by atoms with E-state index >= 15 is 0 Å².